The van der Waals surface area contributed by atoms with Gasteiger partial charge in [-0.05, 0) is 74.1 Å². The van der Waals surface area contributed by atoms with Crippen LogP contribution >= 0.6 is 0 Å². The number of amides is 4. The lowest BCUT2D eigenvalue weighted by Crippen LogP contribution is -2.74. The largest absolute Gasteiger partial charge is 0.495 e. The fourth-order valence-corrected chi connectivity index (χ4v) is 10.4. The number of ether oxygens (including phenoxy) is 2. The quantitative estimate of drug-likeness (QED) is 0.176. The molecule has 3 aliphatic heterocycles. The molecule has 3 aromatic carbocycles. The highest BCUT2D eigenvalue weighted by Gasteiger charge is 2.64. The second-order valence-corrected chi connectivity index (χ2v) is 17.9. The molecule has 4 fully saturated rings. The summed E-state index contributed by atoms with van der Waals surface area (Å²) in [4.78, 5) is 43.7. The summed E-state index contributed by atoms with van der Waals surface area (Å²) in [6.45, 7) is 12.5. The number of aromatic nitrogens is 2. The molecule has 15 heteroatoms. The fourth-order valence-electron chi connectivity index (χ4n) is 10.4. The van der Waals surface area contributed by atoms with Crippen LogP contribution in [0.4, 0.5) is 25.0 Å². The summed E-state index contributed by atoms with van der Waals surface area (Å²) in [5, 5.41) is 20.1. The Morgan fingerprint density at radius 2 is 1.68 bits per heavy atom. The van der Waals surface area contributed by atoms with Crippen LogP contribution in [0.25, 0.3) is 10.9 Å². The Morgan fingerprint density at radius 1 is 0.950 bits per heavy atom. The van der Waals surface area contributed by atoms with Crippen molar-refractivity contribution in [2.75, 3.05) is 56.2 Å². The van der Waals surface area contributed by atoms with Crippen LogP contribution < -0.4 is 29.9 Å². The van der Waals surface area contributed by atoms with E-state index in [9.17, 15) is 24.0 Å². The molecule has 4 aliphatic rings. The van der Waals surface area contributed by atoms with Crippen molar-refractivity contribution >= 4 is 40.1 Å². The second kappa shape index (κ2) is 16.0. The first-order valence-corrected chi connectivity index (χ1v) is 20.8. The van der Waals surface area contributed by atoms with Crippen molar-refractivity contribution in [2.24, 2.45) is 16.7 Å². The van der Waals surface area contributed by atoms with Crippen LogP contribution in [0, 0.1) is 39.7 Å². The molecule has 4 amide bonds. The summed E-state index contributed by atoms with van der Waals surface area (Å²) >= 11 is 0. The maximum absolute atomic E-state index is 15.7. The van der Waals surface area contributed by atoms with E-state index in [2.05, 4.69) is 31.6 Å². The Bertz CT molecular complexity index is 2340. The number of nitriles is 1. The van der Waals surface area contributed by atoms with E-state index in [4.69, 9.17) is 9.47 Å². The lowest BCUT2D eigenvalue weighted by Gasteiger charge is -2.63. The number of hydrogen-bond donors (Lipinski definition) is 2. The Morgan fingerprint density at radius 3 is 2.35 bits per heavy atom. The number of carbonyl (C=O) groups excluding carboxylic acids is 3. The molecule has 0 spiro atoms. The molecule has 3 saturated heterocycles. The molecule has 60 heavy (non-hydrogen) atoms. The van der Waals surface area contributed by atoms with Crippen LogP contribution in [0.15, 0.2) is 54.7 Å². The predicted octanol–water partition coefficient (Wildman–Crippen LogP) is 6.81. The van der Waals surface area contributed by atoms with Crippen molar-refractivity contribution in [2.45, 2.75) is 78.0 Å². The van der Waals surface area contributed by atoms with Crippen LogP contribution in [-0.4, -0.2) is 91.1 Å². The molecular weight excluding hydrogens is 771 g/mol. The van der Waals surface area contributed by atoms with Crippen molar-refractivity contribution in [1.29, 1.82) is 5.26 Å². The van der Waals surface area contributed by atoms with Crippen LogP contribution in [0.2, 0.25) is 0 Å². The van der Waals surface area contributed by atoms with Crippen molar-refractivity contribution in [3.05, 3.63) is 77.5 Å². The first-order valence-electron chi connectivity index (χ1n) is 20.8. The zero-order valence-electron chi connectivity index (χ0n) is 34.8. The number of methoxy groups -OCH3 is 1. The molecular formula is C45H52F2N8O5. The summed E-state index contributed by atoms with van der Waals surface area (Å²) < 4.78 is 44.2. The number of urea groups is 1. The Labute approximate surface area is 348 Å². The predicted molar refractivity (Wildman–Crippen MR) is 222 cm³/mol. The lowest BCUT2D eigenvalue weighted by molar-refractivity contribution is -0.164. The summed E-state index contributed by atoms with van der Waals surface area (Å²) in [7, 11) is 1.51. The summed E-state index contributed by atoms with van der Waals surface area (Å²) in [5.74, 6) is -0.0804. The van der Waals surface area contributed by atoms with Gasteiger partial charge in [-0.1, -0.05) is 27.7 Å². The van der Waals surface area contributed by atoms with E-state index in [0.29, 0.717) is 45.3 Å². The van der Waals surface area contributed by atoms with Gasteiger partial charge in [-0.25, -0.2) is 13.6 Å². The maximum Gasteiger partial charge on any atom is 0.328 e. The second-order valence-electron chi connectivity index (χ2n) is 17.9. The average Bonchev–Trinajstić information content (AvgIpc) is 3.65. The van der Waals surface area contributed by atoms with Crippen LogP contribution in [0.5, 0.6) is 11.5 Å². The number of rotatable bonds is 10. The Kier molecular flexibility index (Phi) is 11.0. The minimum absolute atomic E-state index is 0.0859. The van der Waals surface area contributed by atoms with Gasteiger partial charge < -0.3 is 24.6 Å². The maximum atomic E-state index is 15.7. The van der Waals surface area contributed by atoms with Gasteiger partial charge in [0, 0.05) is 79.6 Å². The topological polar surface area (TPSA) is 145 Å². The monoisotopic (exact) mass is 822 g/mol. The van der Waals surface area contributed by atoms with E-state index >= 15 is 4.39 Å². The van der Waals surface area contributed by atoms with E-state index in [0.717, 1.165) is 58.4 Å². The number of carbonyl (C=O) groups is 3. The normalized spacial score (nSPS) is 22.2. The zero-order valence-corrected chi connectivity index (χ0v) is 34.8. The molecule has 316 valence electrons. The molecule has 0 bridgehead atoms. The Hall–Kier alpha value is -5.75. The smallest absolute Gasteiger partial charge is 0.328 e. The van der Waals surface area contributed by atoms with Crippen LogP contribution in [0.1, 0.15) is 81.8 Å². The van der Waals surface area contributed by atoms with Gasteiger partial charge in [0.2, 0.25) is 5.91 Å². The van der Waals surface area contributed by atoms with Crippen molar-refractivity contribution in [3.8, 4) is 17.6 Å². The summed E-state index contributed by atoms with van der Waals surface area (Å²) in [6.07, 6.45) is 5.13. The molecule has 0 atom stereocenters. The highest BCUT2D eigenvalue weighted by atomic mass is 19.1. The van der Waals surface area contributed by atoms with Crippen molar-refractivity contribution in [3.63, 3.8) is 0 Å². The minimum atomic E-state index is -0.558. The molecule has 2 N–H and O–H groups in total. The van der Waals surface area contributed by atoms with Crippen LogP contribution in [-0.2, 0) is 4.79 Å². The van der Waals surface area contributed by atoms with E-state index in [1.807, 2.05) is 32.4 Å². The van der Waals surface area contributed by atoms with E-state index in [-0.39, 0.29) is 48.5 Å². The molecule has 13 nitrogen and oxygen atoms in total. The third-order valence-corrected chi connectivity index (χ3v) is 13.3. The Balaban J connectivity index is 0.823. The number of anilines is 2. The number of fused-ring (bicyclic) bond motifs is 1. The van der Waals surface area contributed by atoms with Gasteiger partial charge in [-0.15, -0.1) is 0 Å². The van der Waals surface area contributed by atoms with Gasteiger partial charge in [-0.2, -0.15) is 10.4 Å². The highest BCUT2D eigenvalue weighted by molar-refractivity contribution is 6.09. The van der Waals surface area contributed by atoms with E-state index < -0.39 is 28.5 Å². The molecule has 4 aromatic rings. The SMILES string of the molecule is COc1cc(OC2C(C)(C)C(NC(=O)c3ccc(N4CCC(CN5CCC(n6ncc7c(N8CCC(=O)NC8=O)cc(F)cc76)CC5)CC4)c(F)c3)C2(C)C)ccc1C#N. The fraction of sp³-hybridized carbons (Fsp3) is 0.489. The molecule has 0 unspecified atom stereocenters. The van der Waals surface area contributed by atoms with E-state index in [1.165, 1.54) is 30.2 Å². The highest BCUT2D eigenvalue weighted by Crippen LogP contribution is 2.55. The first-order chi connectivity index (χ1) is 28.7. The zero-order chi connectivity index (χ0) is 42.5. The average molecular weight is 823 g/mol. The summed E-state index contributed by atoms with van der Waals surface area (Å²) in [6, 6.07) is 14.0. The molecule has 0 radical (unpaired) electrons. The number of benzene rings is 3. The van der Waals surface area contributed by atoms with Gasteiger partial charge in [0.15, 0.2) is 0 Å². The number of nitrogens with one attached hydrogen (secondary N) is 2. The van der Waals surface area contributed by atoms with Gasteiger partial charge >= 0.3 is 6.03 Å². The molecule has 1 aromatic heterocycles. The lowest BCUT2D eigenvalue weighted by atomic mass is 9.49. The van der Waals surface area contributed by atoms with Gasteiger partial charge in [0.1, 0.15) is 35.3 Å². The van der Waals surface area contributed by atoms with Crippen molar-refractivity contribution < 1.29 is 32.6 Å². The number of nitrogens with zero attached hydrogens (tertiary/aromatic N) is 6. The number of halogens is 2. The van der Waals surface area contributed by atoms with Crippen LogP contribution in [0.3, 0.4) is 0 Å². The number of hydrogen-bond acceptors (Lipinski definition) is 9. The standard InChI is InChI=1S/C45H52F2N8O5/c1-44(2)41(45(3,4)42(44)60-32-8-6-29(24-48)38(23-32)59-5)51-40(57)28-7-9-35(34(47)20-28)53-17-10-27(11-18-53)26-52-15-12-31(13-16-52)55-37-22-30(46)21-36(33(37)25-49-55)54-19-14-39(56)50-43(54)58/h6-9,20-23,25,27,31,41-42H,10-19,26H2,1-5H3,(H,51,57)(H,50,56,58). The van der Waals surface area contributed by atoms with Gasteiger partial charge in [-0.3, -0.25) is 24.5 Å². The third kappa shape index (κ3) is 7.61. The molecule has 1 aliphatic carbocycles. The number of piperidine rings is 2. The van der Waals surface area contributed by atoms with Crippen molar-refractivity contribution in [1.82, 2.24) is 25.3 Å². The van der Waals surface area contributed by atoms with Gasteiger partial charge in [0.25, 0.3) is 5.91 Å². The van der Waals surface area contributed by atoms with Gasteiger partial charge in [0.05, 0.1) is 41.8 Å². The third-order valence-electron chi connectivity index (χ3n) is 13.3. The number of likely N-dealkylation sites (tertiary alicyclic amines) is 1. The number of imide groups is 1. The van der Waals surface area contributed by atoms with E-state index in [1.54, 1.807) is 36.5 Å². The molecule has 8 rings (SSSR count). The first kappa shape index (κ1) is 41.0. The molecule has 4 heterocycles. The minimum Gasteiger partial charge on any atom is -0.495 e. The molecule has 1 saturated carbocycles. The summed E-state index contributed by atoms with van der Waals surface area (Å²) in [5.41, 5.74) is 1.34.